The lowest BCUT2D eigenvalue weighted by atomic mass is 9.56. The Morgan fingerprint density at radius 2 is 1.17 bits per heavy atom. The molecular weight excluding hydrogens is 378 g/mol. The topological polar surface area (TPSA) is 38.7 Å². The zero-order chi connectivity index (χ0) is 20.4. The van der Waals surface area contributed by atoms with Gasteiger partial charge in [0.1, 0.15) is 11.6 Å². The van der Waals surface area contributed by atoms with Gasteiger partial charge in [-0.3, -0.25) is 0 Å². The zero-order valence-electron chi connectivity index (χ0n) is 18.8. The molecule has 3 nitrogen and oxygen atoms in total. The van der Waals surface area contributed by atoms with Crippen molar-refractivity contribution in [2.75, 3.05) is 0 Å². The minimum absolute atomic E-state index is 0.0612. The normalized spacial score (nSPS) is 47.1. The summed E-state index contributed by atoms with van der Waals surface area (Å²) in [6, 6.07) is 0. The van der Waals surface area contributed by atoms with Crippen LogP contribution in [-0.4, -0.2) is 15.0 Å². The Bertz CT molecular complexity index is 740. The van der Waals surface area contributed by atoms with Gasteiger partial charge in [-0.05, 0) is 111 Å². The summed E-state index contributed by atoms with van der Waals surface area (Å²) in [5.41, 5.74) is 0.183. The van der Waals surface area contributed by atoms with Crippen molar-refractivity contribution in [3.63, 3.8) is 0 Å². The van der Waals surface area contributed by atoms with Crippen LogP contribution in [0.1, 0.15) is 104 Å². The van der Waals surface area contributed by atoms with Crippen LogP contribution in [0, 0.1) is 35.5 Å². The number of nitrogens with zero attached hydrogens (tertiary/aromatic N) is 3. The second-order valence-corrected chi connectivity index (χ2v) is 12.5. The maximum absolute atomic E-state index is 6.58. The summed E-state index contributed by atoms with van der Waals surface area (Å²) in [6.45, 7) is 9.69. The van der Waals surface area contributed by atoms with Crippen LogP contribution in [0.5, 0.6) is 0 Å². The van der Waals surface area contributed by atoms with Gasteiger partial charge in [0.25, 0.3) is 0 Å². The predicted molar refractivity (Wildman–Crippen MR) is 118 cm³/mol. The molecule has 1 aromatic heterocycles. The number of aromatic nitrogens is 3. The van der Waals surface area contributed by atoms with E-state index in [2.05, 4.69) is 27.7 Å². The maximum atomic E-state index is 6.58. The summed E-state index contributed by atoms with van der Waals surface area (Å²) >= 11 is 6.58. The van der Waals surface area contributed by atoms with Gasteiger partial charge in [-0.1, -0.05) is 27.7 Å². The Kier molecular flexibility index (Phi) is 5.00. The van der Waals surface area contributed by atoms with Gasteiger partial charge in [0.05, 0.1) is 0 Å². The van der Waals surface area contributed by atoms with Crippen molar-refractivity contribution < 1.29 is 0 Å². The largest absolute Gasteiger partial charge is 0.225 e. The SMILES string of the molecule is CC1CC2CC(C1)CC(C)(c1nc(Cl)nc(C34CC(C)CC(CC(C)C3)C4)n1)C2. The van der Waals surface area contributed by atoms with Crippen molar-refractivity contribution in [1.29, 1.82) is 0 Å². The lowest BCUT2D eigenvalue weighted by molar-refractivity contribution is 0.0687. The van der Waals surface area contributed by atoms with Gasteiger partial charge in [-0.15, -0.1) is 0 Å². The van der Waals surface area contributed by atoms with E-state index in [4.69, 9.17) is 26.6 Å². The van der Waals surface area contributed by atoms with Crippen LogP contribution in [0.3, 0.4) is 0 Å². The molecule has 1 aromatic rings. The Morgan fingerprint density at radius 3 is 1.79 bits per heavy atom. The highest BCUT2D eigenvalue weighted by Crippen LogP contribution is 2.54. The number of halogens is 1. The van der Waals surface area contributed by atoms with E-state index in [1.165, 1.54) is 64.2 Å². The molecule has 4 atom stereocenters. The van der Waals surface area contributed by atoms with E-state index < -0.39 is 0 Å². The van der Waals surface area contributed by atoms with Crippen LogP contribution >= 0.6 is 11.6 Å². The van der Waals surface area contributed by atoms with Crippen molar-refractivity contribution in [1.82, 2.24) is 15.0 Å². The number of hydrogen-bond acceptors (Lipinski definition) is 3. The van der Waals surface area contributed by atoms with Crippen LogP contribution in [0.4, 0.5) is 0 Å². The van der Waals surface area contributed by atoms with E-state index in [1.54, 1.807) is 0 Å². The third kappa shape index (κ3) is 3.75. The first-order valence-electron chi connectivity index (χ1n) is 12.2. The standard InChI is InChI=1S/C25H38ClN3/c1-15-5-19-9-20(6-15)13-24(4,12-19)21-27-22(29-23(26)28-21)25-10-16(2)7-18(14-25)8-17(3)11-25/h15-20H,5-14H2,1-4H3. The van der Waals surface area contributed by atoms with E-state index in [0.29, 0.717) is 5.28 Å². The predicted octanol–water partition coefficient (Wildman–Crippen LogP) is 6.73. The van der Waals surface area contributed by atoms with Crippen molar-refractivity contribution in [3.8, 4) is 0 Å². The average molecular weight is 416 g/mol. The first-order valence-corrected chi connectivity index (χ1v) is 12.5. The van der Waals surface area contributed by atoms with Crippen LogP contribution in [0.25, 0.3) is 0 Å². The molecule has 4 heteroatoms. The molecule has 4 saturated carbocycles. The molecule has 1 heterocycles. The fourth-order valence-electron chi connectivity index (χ4n) is 8.61. The molecule has 29 heavy (non-hydrogen) atoms. The molecule has 0 amide bonds. The summed E-state index contributed by atoms with van der Waals surface area (Å²) in [7, 11) is 0. The van der Waals surface area contributed by atoms with E-state index >= 15 is 0 Å². The highest BCUT2D eigenvalue weighted by atomic mass is 35.5. The average Bonchev–Trinajstić information content (AvgIpc) is 2.58. The third-order valence-corrected chi connectivity index (χ3v) is 9.04. The van der Waals surface area contributed by atoms with Crippen molar-refractivity contribution >= 4 is 11.6 Å². The third-order valence-electron chi connectivity index (χ3n) is 8.87. The minimum atomic E-state index is 0.0612. The lowest BCUT2D eigenvalue weighted by Crippen LogP contribution is -2.45. The van der Waals surface area contributed by atoms with Crippen LogP contribution in [-0.2, 0) is 10.8 Å². The maximum Gasteiger partial charge on any atom is 0.225 e. The van der Waals surface area contributed by atoms with Crippen LogP contribution < -0.4 is 0 Å². The molecule has 0 N–H and O–H groups in total. The van der Waals surface area contributed by atoms with Crippen molar-refractivity contribution in [3.05, 3.63) is 16.9 Å². The molecule has 4 unspecified atom stereocenters. The number of rotatable bonds is 2. The first kappa shape index (κ1) is 20.2. The second kappa shape index (κ2) is 7.18. The Balaban J connectivity index is 1.51. The molecule has 4 aliphatic carbocycles. The van der Waals surface area contributed by atoms with Gasteiger partial charge in [-0.25, -0.2) is 15.0 Å². The zero-order valence-corrected chi connectivity index (χ0v) is 19.5. The molecule has 5 rings (SSSR count). The van der Waals surface area contributed by atoms with Crippen LogP contribution in [0.15, 0.2) is 0 Å². The quantitative estimate of drug-likeness (QED) is 0.537. The lowest BCUT2D eigenvalue weighted by Gasteiger charge is -2.49. The van der Waals surface area contributed by atoms with Gasteiger partial charge in [-0.2, -0.15) is 0 Å². The molecule has 4 bridgehead atoms. The van der Waals surface area contributed by atoms with Gasteiger partial charge in [0.15, 0.2) is 0 Å². The Morgan fingerprint density at radius 1 is 0.655 bits per heavy atom. The van der Waals surface area contributed by atoms with Crippen LogP contribution in [0.2, 0.25) is 5.28 Å². The summed E-state index contributed by atoms with van der Waals surface area (Å²) in [4.78, 5) is 14.8. The summed E-state index contributed by atoms with van der Waals surface area (Å²) in [6.07, 6.45) is 13.0. The Labute approximate surface area is 181 Å². The molecule has 4 fully saturated rings. The summed E-state index contributed by atoms with van der Waals surface area (Å²) < 4.78 is 0. The fourth-order valence-corrected chi connectivity index (χ4v) is 8.77. The molecular formula is C25H38ClN3. The molecule has 0 spiro atoms. The summed E-state index contributed by atoms with van der Waals surface area (Å²) in [5.74, 6) is 6.90. The smallest absolute Gasteiger partial charge is 0.217 e. The molecule has 0 radical (unpaired) electrons. The highest BCUT2D eigenvalue weighted by molar-refractivity contribution is 6.28. The monoisotopic (exact) mass is 415 g/mol. The van der Waals surface area contributed by atoms with Crippen molar-refractivity contribution in [2.45, 2.75) is 103 Å². The number of fused-ring (bicyclic) bond motifs is 4. The minimum Gasteiger partial charge on any atom is -0.217 e. The van der Waals surface area contributed by atoms with E-state index in [9.17, 15) is 0 Å². The molecule has 0 saturated heterocycles. The summed E-state index contributed by atoms with van der Waals surface area (Å²) in [5, 5.41) is 0.428. The van der Waals surface area contributed by atoms with Crippen molar-refractivity contribution in [2.24, 2.45) is 35.5 Å². The molecule has 0 aromatic carbocycles. The van der Waals surface area contributed by atoms with E-state index in [1.807, 2.05) is 0 Å². The van der Waals surface area contributed by atoms with Gasteiger partial charge >= 0.3 is 0 Å². The number of hydrogen-bond donors (Lipinski definition) is 0. The second-order valence-electron chi connectivity index (χ2n) is 12.2. The van der Waals surface area contributed by atoms with Gasteiger partial charge in [0, 0.05) is 10.8 Å². The molecule has 160 valence electrons. The molecule has 0 aliphatic heterocycles. The molecule has 4 aliphatic rings. The van der Waals surface area contributed by atoms with E-state index in [-0.39, 0.29) is 10.8 Å². The van der Waals surface area contributed by atoms with Gasteiger partial charge in [0.2, 0.25) is 5.28 Å². The fraction of sp³-hybridized carbons (Fsp3) is 0.880. The van der Waals surface area contributed by atoms with Gasteiger partial charge < -0.3 is 0 Å². The van der Waals surface area contributed by atoms with E-state index in [0.717, 1.165) is 47.2 Å². The first-order chi connectivity index (χ1) is 13.7. The highest BCUT2D eigenvalue weighted by Gasteiger charge is 2.49. The Hall–Kier alpha value is -0.700.